The molecule has 5 heteroatoms. The van der Waals surface area contributed by atoms with E-state index in [1.54, 1.807) is 10.6 Å². The van der Waals surface area contributed by atoms with Crippen LogP contribution in [0.3, 0.4) is 0 Å². The van der Waals surface area contributed by atoms with Gasteiger partial charge in [-0.15, -0.1) is 0 Å². The molecular weight excluding hydrogens is 312 g/mol. The van der Waals surface area contributed by atoms with Crippen molar-refractivity contribution >= 4 is 28.7 Å². The number of fused-ring (bicyclic) bond motifs is 3. The van der Waals surface area contributed by atoms with Crippen LogP contribution in [0.25, 0.3) is 17.1 Å². The molecule has 1 aliphatic heterocycles. The molecule has 0 fully saturated rings. The van der Waals surface area contributed by atoms with Gasteiger partial charge in [0.15, 0.2) is 0 Å². The average molecular weight is 328 g/mol. The van der Waals surface area contributed by atoms with Crippen molar-refractivity contribution in [1.82, 2.24) is 9.55 Å². The Morgan fingerprint density at radius 3 is 2.56 bits per heavy atom. The topological polar surface area (TPSA) is 61.9 Å². The lowest BCUT2D eigenvalue weighted by Crippen LogP contribution is -2.08. The third kappa shape index (κ3) is 2.31. The summed E-state index contributed by atoms with van der Waals surface area (Å²) in [5.41, 5.74) is 3.92. The number of rotatable bonds is 2. The molecule has 0 saturated heterocycles. The number of allylic oxidation sites excluding steroid dienone is 1. The molecule has 1 unspecified atom stereocenters. The zero-order valence-corrected chi connectivity index (χ0v) is 14.0. The molecule has 0 N–H and O–H groups in total. The fourth-order valence-electron chi connectivity index (χ4n) is 3.16. The number of carbonyl (C=O) groups excluding carboxylic acids is 1. The monoisotopic (exact) mass is 328 g/mol. The predicted molar refractivity (Wildman–Crippen MR) is 97.5 cm³/mol. The molecule has 0 saturated carbocycles. The Hall–Kier alpha value is -3.39. The van der Waals surface area contributed by atoms with Crippen molar-refractivity contribution in [2.24, 2.45) is 0 Å². The van der Waals surface area contributed by atoms with E-state index >= 15 is 0 Å². The van der Waals surface area contributed by atoms with Crippen LogP contribution in [0.4, 0.5) is 5.69 Å². The molecular formula is C20H16N4O. The number of anilines is 1. The zero-order valence-electron chi connectivity index (χ0n) is 14.0. The van der Waals surface area contributed by atoms with Crippen LogP contribution >= 0.6 is 0 Å². The summed E-state index contributed by atoms with van der Waals surface area (Å²) in [4.78, 5) is 19.4. The first kappa shape index (κ1) is 15.2. The minimum atomic E-state index is -0.645. The Kier molecular flexibility index (Phi) is 3.40. The van der Waals surface area contributed by atoms with Crippen molar-refractivity contribution < 1.29 is 4.79 Å². The number of hydrogen-bond acceptors (Lipinski definition) is 4. The van der Waals surface area contributed by atoms with E-state index in [1.165, 1.54) is 0 Å². The highest BCUT2D eigenvalue weighted by molar-refractivity contribution is 6.09. The molecule has 2 heterocycles. The molecule has 25 heavy (non-hydrogen) atoms. The molecule has 5 nitrogen and oxygen atoms in total. The van der Waals surface area contributed by atoms with Crippen molar-refractivity contribution in [2.75, 3.05) is 19.0 Å². The van der Waals surface area contributed by atoms with Gasteiger partial charge < -0.3 is 4.90 Å². The van der Waals surface area contributed by atoms with Crippen LogP contribution in [0.15, 0.2) is 54.1 Å². The lowest BCUT2D eigenvalue weighted by molar-refractivity contribution is 0.0970. The average Bonchev–Trinajstić information content (AvgIpc) is 3.11. The van der Waals surface area contributed by atoms with Gasteiger partial charge in [-0.1, -0.05) is 24.3 Å². The Morgan fingerprint density at radius 1 is 1.16 bits per heavy atom. The lowest BCUT2D eigenvalue weighted by Gasteiger charge is -2.12. The van der Waals surface area contributed by atoms with Gasteiger partial charge in [0.05, 0.1) is 17.1 Å². The summed E-state index contributed by atoms with van der Waals surface area (Å²) in [6.45, 7) is 0. The van der Waals surface area contributed by atoms with Crippen molar-refractivity contribution in [1.29, 1.82) is 5.26 Å². The molecule has 2 aromatic carbocycles. The molecule has 1 aromatic heterocycles. The first-order chi connectivity index (χ1) is 12.1. The second-order valence-corrected chi connectivity index (χ2v) is 6.25. The number of carbonyl (C=O) groups is 1. The van der Waals surface area contributed by atoms with Crippen LogP contribution in [-0.4, -0.2) is 29.6 Å². The molecule has 0 bridgehead atoms. The van der Waals surface area contributed by atoms with E-state index in [0.29, 0.717) is 11.4 Å². The highest BCUT2D eigenvalue weighted by atomic mass is 16.2. The summed E-state index contributed by atoms with van der Waals surface area (Å²) in [5, 5.41) is 9.62. The highest BCUT2D eigenvalue weighted by Gasteiger charge is 2.37. The van der Waals surface area contributed by atoms with Crippen LogP contribution in [0.2, 0.25) is 0 Å². The standard InChI is InChI=1S/C20H16N4O/c1-23(2)14-9-7-13(8-10-14)11-15-16(12-21)19-22-17-5-3-4-6-18(17)24(19)20(15)25/h3-11,16H,1-2H3/b15-11+. The van der Waals surface area contributed by atoms with E-state index in [4.69, 9.17) is 0 Å². The highest BCUT2D eigenvalue weighted by Crippen LogP contribution is 2.36. The minimum Gasteiger partial charge on any atom is -0.378 e. The van der Waals surface area contributed by atoms with Crippen LogP contribution in [0.1, 0.15) is 22.1 Å². The van der Waals surface area contributed by atoms with Gasteiger partial charge in [0, 0.05) is 25.4 Å². The number of nitrogens with zero attached hydrogens (tertiary/aromatic N) is 4. The van der Waals surface area contributed by atoms with Crippen LogP contribution in [0.5, 0.6) is 0 Å². The SMILES string of the molecule is CN(C)c1ccc(/C=C2/C(=O)n3c(nc4ccccc43)C2C#N)cc1. The van der Waals surface area contributed by atoms with Gasteiger partial charge in [0.2, 0.25) is 0 Å². The summed E-state index contributed by atoms with van der Waals surface area (Å²) in [7, 11) is 3.95. The van der Waals surface area contributed by atoms with E-state index in [9.17, 15) is 10.1 Å². The summed E-state index contributed by atoms with van der Waals surface area (Å²) >= 11 is 0. The van der Waals surface area contributed by atoms with Crippen molar-refractivity contribution in [2.45, 2.75) is 5.92 Å². The summed E-state index contributed by atoms with van der Waals surface area (Å²) in [5.74, 6) is -0.315. The number of aromatic nitrogens is 2. The zero-order chi connectivity index (χ0) is 17.6. The molecule has 3 aromatic rings. The molecule has 1 aliphatic rings. The van der Waals surface area contributed by atoms with Crippen LogP contribution in [-0.2, 0) is 0 Å². The fourth-order valence-corrected chi connectivity index (χ4v) is 3.16. The van der Waals surface area contributed by atoms with Crippen molar-refractivity contribution in [3.8, 4) is 6.07 Å². The quantitative estimate of drug-likeness (QED) is 0.676. The van der Waals surface area contributed by atoms with Gasteiger partial charge in [-0.05, 0) is 35.9 Å². The Balaban J connectivity index is 1.80. The maximum Gasteiger partial charge on any atom is 0.261 e. The molecule has 4 rings (SSSR count). The fraction of sp³-hybridized carbons (Fsp3) is 0.150. The maximum atomic E-state index is 12.9. The molecule has 1 atom stereocenters. The minimum absolute atomic E-state index is 0.174. The summed E-state index contributed by atoms with van der Waals surface area (Å²) in [6.07, 6.45) is 1.79. The summed E-state index contributed by atoms with van der Waals surface area (Å²) in [6, 6.07) is 17.6. The Bertz CT molecular complexity index is 1050. The van der Waals surface area contributed by atoms with Gasteiger partial charge in [-0.25, -0.2) is 4.98 Å². The van der Waals surface area contributed by atoms with E-state index < -0.39 is 5.92 Å². The number of imidazole rings is 1. The second-order valence-electron chi connectivity index (χ2n) is 6.25. The van der Waals surface area contributed by atoms with Gasteiger partial charge in [0.1, 0.15) is 11.7 Å². The molecule has 0 spiro atoms. The van der Waals surface area contributed by atoms with E-state index in [-0.39, 0.29) is 5.91 Å². The maximum absolute atomic E-state index is 12.9. The van der Waals surface area contributed by atoms with Gasteiger partial charge in [0.25, 0.3) is 5.91 Å². The smallest absolute Gasteiger partial charge is 0.261 e. The first-order valence-electron chi connectivity index (χ1n) is 8.01. The lowest BCUT2D eigenvalue weighted by atomic mass is 9.99. The van der Waals surface area contributed by atoms with Gasteiger partial charge in [-0.2, -0.15) is 5.26 Å². The predicted octanol–water partition coefficient (Wildman–Crippen LogP) is 3.45. The molecule has 122 valence electrons. The van der Waals surface area contributed by atoms with E-state index in [2.05, 4.69) is 11.1 Å². The normalized spacial score (nSPS) is 17.7. The number of nitriles is 1. The van der Waals surface area contributed by atoms with Gasteiger partial charge >= 0.3 is 0 Å². The van der Waals surface area contributed by atoms with Crippen molar-refractivity contribution in [3.63, 3.8) is 0 Å². The number of para-hydroxylation sites is 2. The first-order valence-corrected chi connectivity index (χ1v) is 8.01. The second kappa shape index (κ2) is 5.60. The molecule has 0 amide bonds. The Morgan fingerprint density at radius 2 is 1.88 bits per heavy atom. The van der Waals surface area contributed by atoms with Crippen LogP contribution in [0, 0.1) is 11.3 Å². The number of hydrogen-bond donors (Lipinski definition) is 0. The number of benzene rings is 2. The van der Waals surface area contributed by atoms with Crippen molar-refractivity contribution in [3.05, 3.63) is 65.5 Å². The van der Waals surface area contributed by atoms with E-state index in [0.717, 1.165) is 22.3 Å². The largest absolute Gasteiger partial charge is 0.378 e. The van der Waals surface area contributed by atoms with Crippen LogP contribution < -0.4 is 4.90 Å². The van der Waals surface area contributed by atoms with Gasteiger partial charge in [-0.3, -0.25) is 9.36 Å². The Labute approximate surface area is 145 Å². The summed E-state index contributed by atoms with van der Waals surface area (Å²) < 4.78 is 1.56. The van der Waals surface area contributed by atoms with E-state index in [1.807, 2.05) is 67.5 Å². The third-order valence-corrected chi connectivity index (χ3v) is 4.47. The molecule has 0 aliphatic carbocycles. The molecule has 0 radical (unpaired) electrons. The third-order valence-electron chi connectivity index (χ3n) is 4.47.